The zero-order chi connectivity index (χ0) is 14.4. The predicted molar refractivity (Wildman–Crippen MR) is 79.0 cm³/mol. The number of hydrogen-bond acceptors (Lipinski definition) is 3. The number of imidazole rings is 1. The molecule has 0 radical (unpaired) electrons. The number of fused-ring (bicyclic) bond motifs is 2. The lowest BCUT2D eigenvalue weighted by molar-refractivity contribution is 0.100. The van der Waals surface area contributed by atoms with E-state index in [-0.39, 0.29) is 11.7 Å². The van der Waals surface area contributed by atoms with Gasteiger partial charge in [-0.2, -0.15) is 0 Å². The molecule has 2 unspecified atom stereocenters. The highest BCUT2D eigenvalue weighted by atomic mass is 16.3. The SMILES string of the molecule is Oc1ccc2[nH]cc(C(O)C3CCc4nc[nH]c4C3)c2c1. The highest BCUT2D eigenvalue weighted by Crippen LogP contribution is 2.36. The standard InChI is InChI=1S/C16H17N3O2/c20-10-2-4-13-11(6-10)12(7-17-13)16(21)9-1-3-14-15(5-9)19-8-18-14/h2,4,6-9,16-17,20-21H,1,3,5H2,(H,18,19). The molecule has 1 aromatic carbocycles. The summed E-state index contributed by atoms with van der Waals surface area (Å²) >= 11 is 0. The number of nitrogens with one attached hydrogen (secondary N) is 2. The number of phenolic OH excluding ortho intramolecular Hbond substituents is 1. The van der Waals surface area contributed by atoms with Gasteiger partial charge in [0, 0.05) is 28.4 Å². The Hall–Kier alpha value is -2.27. The van der Waals surface area contributed by atoms with E-state index in [9.17, 15) is 10.2 Å². The molecule has 5 nitrogen and oxygen atoms in total. The van der Waals surface area contributed by atoms with Gasteiger partial charge < -0.3 is 20.2 Å². The van der Waals surface area contributed by atoms with E-state index in [4.69, 9.17) is 0 Å². The van der Waals surface area contributed by atoms with Crippen LogP contribution < -0.4 is 0 Å². The Morgan fingerprint density at radius 1 is 1.29 bits per heavy atom. The van der Waals surface area contributed by atoms with Gasteiger partial charge >= 0.3 is 0 Å². The molecule has 108 valence electrons. The maximum absolute atomic E-state index is 10.8. The summed E-state index contributed by atoms with van der Waals surface area (Å²) in [6, 6.07) is 5.18. The number of hydrogen-bond donors (Lipinski definition) is 4. The maximum Gasteiger partial charge on any atom is 0.116 e. The van der Waals surface area contributed by atoms with Crippen molar-refractivity contribution in [2.45, 2.75) is 25.4 Å². The van der Waals surface area contributed by atoms with Crippen molar-refractivity contribution in [3.8, 4) is 5.75 Å². The van der Waals surface area contributed by atoms with Gasteiger partial charge in [-0.05, 0) is 43.4 Å². The number of aromatic nitrogens is 3. The summed E-state index contributed by atoms with van der Waals surface area (Å²) in [7, 11) is 0. The third-order valence-electron chi connectivity index (χ3n) is 4.49. The van der Waals surface area contributed by atoms with Crippen LogP contribution in [0.15, 0.2) is 30.7 Å². The van der Waals surface area contributed by atoms with E-state index in [1.165, 1.54) is 0 Å². The first-order chi connectivity index (χ1) is 10.2. The highest BCUT2D eigenvalue weighted by molar-refractivity contribution is 5.84. The second kappa shape index (κ2) is 4.63. The Balaban J connectivity index is 1.68. The van der Waals surface area contributed by atoms with Gasteiger partial charge in [0.1, 0.15) is 5.75 Å². The van der Waals surface area contributed by atoms with Crippen molar-refractivity contribution in [3.05, 3.63) is 47.7 Å². The molecule has 21 heavy (non-hydrogen) atoms. The summed E-state index contributed by atoms with van der Waals surface area (Å²) < 4.78 is 0. The largest absolute Gasteiger partial charge is 0.508 e. The van der Waals surface area contributed by atoms with Gasteiger partial charge in [0.15, 0.2) is 0 Å². The number of rotatable bonds is 2. The molecular formula is C16H17N3O2. The number of aliphatic hydroxyl groups excluding tert-OH is 1. The molecule has 0 amide bonds. The summed E-state index contributed by atoms with van der Waals surface area (Å²) in [6.45, 7) is 0. The van der Waals surface area contributed by atoms with Gasteiger partial charge in [0.2, 0.25) is 0 Å². The minimum Gasteiger partial charge on any atom is -0.508 e. The molecule has 0 saturated heterocycles. The van der Waals surface area contributed by atoms with Crippen LogP contribution in [0.25, 0.3) is 10.9 Å². The van der Waals surface area contributed by atoms with Gasteiger partial charge in [-0.3, -0.25) is 0 Å². The van der Waals surface area contributed by atoms with Crippen molar-refractivity contribution < 1.29 is 10.2 Å². The van der Waals surface area contributed by atoms with Crippen LogP contribution in [0.5, 0.6) is 5.75 Å². The molecule has 1 aliphatic carbocycles. The van der Waals surface area contributed by atoms with Crippen LogP contribution >= 0.6 is 0 Å². The van der Waals surface area contributed by atoms with Crippen molar-refractivity contribution in [3.63, 3.8) is 0 Å². The predicted octanol–water partition coefficient (Wildman–Crippen LogP) is 2.44. The number of aliphatic hydroxyl groups is 1. The lowest BCUT2D eigenvalue weighted by Crippen LogP contribution is -2.21. The summed E-state index contributed by atoms with van der Waals surface area (Å²) in [4.78, 5) is 10.6. The van der Waals surface area contributed by atoms with Gasteiger partial charge in [-0.25, -0.2) is 4.98 Å². The van der Waals surface area contributed by atoms with Crippen LogP contribution in [0.1, 0.15) is 29.5 Å². The normalized spacial score (nSPS) is 19.6. The zero-order valence-electron chi connectivity index (χ0n) is 11.5. The van der Waals surface area contributed by atoms with Gasteiger partial charge in [-0.1, -0.05) is 0 Å². The van der Waals surface area contributed by atoms with Crippen LogP contribution in [-0.2, 0) is 12.8 Å². The van der Waals surface area contributed by atoms with E-state index in [0.29, 0.717) is 0 Å². The molecule has 0 spiro atoms. The number of aromatic hydroxyl groups is 1. The van der Waals surface area contributed by atoms with E-state index in [2.05, 4.69) is 15.0 Å². The van der Waals surface area contributed by atoms with Crippen molar-refractivity contribution in [2.75, 3.05) is 0 Å². The van der Waals surface area contributed by atoms with E-state index in [1.807, 2.05) is 12.3 Å². The summed E-state index contributed by atoms with van der Waals surface area (Å²) in [5, 5.41) is 21.3. The van der Waals surface area contributed by atoms with E-state index < -0.39 is 6.10 Å². The minimum absolute atomic E-state index is 0.166. The first-order valence-corrected chi connectivity index (χ1v) is 7.21. The second-order valence-electron chi connectivity index (χ2n) is 5.75. The molecule has 0 saturated carbocycles. The highest BCUT2D eigenvalue weighted by Gasteiger charge is 2.28. The number of aryl methyl sites for hydroxylation is 1. The molecule has 0 bridgehead atoms. The molecule has 2 aromatic heterocycles. The van der Waals surface area contributed by atoms with Crippen molar-refractivity contribution >= 4 is 10.9 Å². The van der Waals surface area contributed by atoms with Crippen LogP contribution in [0.4, 0.5) is 0 Å². The fraction of sp³-hybridized carbons (Fsp3) is 0.312. The van der Waals surface area contributed by atoms with Crippen LogP contribution in [-0.4, -0.2) is 25.2 Å². The van der Waals surface area contributed by atoms with Gasteiger partial charge in [0.05, 0.1) is 18.1 Å². The zero-order valence-corrected chi connectivity index (χ0v) is 11.5. The fourth-order valence-corrected chi connectivity index (χ4v) is 3.33. The average Bonchev–Trinajstić information content (AvgIpc) is 3.11. The second-order valence-corrected chi connectivity index (χ2v) is 5.75. The third-order valence-corrected chi connectivity index (χ3v) is 4.49. The van der Waals surface area contributed by atoms with Crippen molar-refractivity contribution in [1.82, 2.24) is 15.0 Å². The molecule has 4 N–H and O–H groups in total. The molecule has 1 aliphatic rings. The Morgan fingerprint density at radius 3 is 3.10 bits per heavy atom. The fourth-order valence-electron chi connectivity index (χ4n) is 3.33. The van der Waals surface area contributed by atoms with Gasteiger partial charge in [-0.15, -0.1) is 0 Å². The monoisotopic (exact) mass is 283 g/mol. The lowest BCUT2D eigenvalue weighted by Gasteiger charge is -2.26. The molecular weight excluding hydrogens is 266 g/mol. The van der Waals surface area contributed by atoms with Crippen LogP contribution in [0.3, 0.4) is 0 Å². The third kappa shape index (κ3) is 2.01. The Bertz CT molecular complexity index is 790. The minimum atomic E-state index is -0.544. The van der Waals surface area contributed by atoms with Crippen LogP contribution in [0, 0.1) is 5.92 Å². The van der Waals surface area contributed by atoms with E-state index in [1.54, 1.807) is 18.5 Å². The van der Waals surface area contributed by atoms with Crippen molar-refractivity contribution in [1.29, 1.82) is 0 Å². The van der Waals surface area contributed by atoms with E-state index >= 15 is 0 Å². The molecule has 4 rings (SSSR count). The molecule has 2 heterocycles. The number of phenols is 1. The summed E-state index contributed by atoms with van der Waals surface area (Å²) in [5.74, 6) is 0.384. The molecule has 3 aromatic rings. The average molecular weight is 283 g/mol. The Kier molecular flexibility index (Phi) is 2.75. The maximum atomic E-state index is 10.8. The summed E-state index contributed by atoms with van der Waals surface area (Å²) in [6.07, 6.45) is 5.65. The number of H-pyrrole nitrogens is 2. The smallest absolute Gasteiger partial charge is 0.116 e. The number of aromatic amines is 2. The quantitative estimate of drug-likeness (QED) is 0.583. The molecule has 0 aliphatic heterocycles. The molecule has 0 fully saturated rings. The lowest BCUT2D eigenvalue weighted by atomic mass is 9.83. The van der Waals surface area contributed by atoms with Crippen LogP contribution in [0.2, 0.25) is 0 Å². The molecule has 2 atom stereocenters. The first-order valence-electron chi connectivity index (χ1n) is 7.21. The Labute approximate surface area is 121 Å². The van der Waals surface area contributed by atoms with Crippen molar-refractivity contribution in [2.24, 2.45) is 5.92 Å². The summed E-state index contributed by atoms with van der Waals surface area (Å²) in [5.41, 5.74) is 4.04. The Morgan fingerprint density at radius 2 is 2.19 bits per heavy atom. The molecule has 5 heteroatoms. The first kappa shape index (κ1) is 12.5. The van der Waals surface area contributed by atoms with Gasteiger partial charge in [0.25, 0.3) is 0 Å². The number of nitrogens with zero attached hydrogens (tertiary/aromatic N) is 1. The topological polar surface area (TPSA) is 84.9 Å². The van der Waals surface area contributed by atoms with E-state index in [0.717, 1.165) is 47.1 Å². The number of benzene rings is 1.